The van der Waals surface area contributed by atoms with Crippen molar-refractivity contribution in [2.24, 2.45) is 0 Å². The van der Waals surface area contributed by atoms with Crippen LogP contribution in [0.15, 0.2) is 29.2 Å². The number of methoxy groups -OCH3 is 1. The van der Waals surface area contributed by atoms with Crippen LogP contribution in [0, 0.1) is 0 Å². The van der Waals surface area contributed by atoms with E-state index in [1.165, 1.54) is 17.8 Å². The second-order valence-electron chi connectivity index (χ2n) is 8.71. The molecule has 1 aromatic heterocycles. The van der Waals surface area contributed by atoms with Crippen LogP contribution in [0.2, 0.25) is 0 Å². The molecule has 4 rings (SSSR count). The van der Waals surface area contributed by atoms with Crippen LogP contribution in [-0.4, -0.2) is 67.0 Å². The van der Waals surface area contributed by atoms with Crippen LogP contribution in [0.5, 0.6) is 5.75 Å². The molecule has 2 heterocycles. The third-order valence-corrected chi connectivity index (χ3v) is 8.56. The number of nitrogens with one attached hydrogen (secondary N) is 1. The monoisotopic (exact) mass is 460 g/mol. The third kappa shape index (κ3) is 4.54. The number of hydrogen-bond acceptors (Lipinski definition) is 5. The SMILES string of the molecule is COc1ccc(-c2cc(C(=O)N(C)C3CCCCC3)[nH]n2)cc1S(=O)(=O)N1CCCCC1. The summed E-state index contributed by atoms with van der Waals surface area (Å²) in [6.45, 7) is 1.04. The van der Waals surface area contributed by atoms with Crippen LogP contribution in [0.25, 0.3) is 11.3 Å². The lowest BCUT2D eigenvalue weighted by atomic mass is 9.94. The Labute approximate surface area is 190 Å². The number of sulfonamides is 1. The van der Waals surface area contributed by atoms with Gasteiger partial charge >= 0.3 is 0 Å². The van der Waals surface area contributed by atoms with E-state index in [9.17, 15) is 13.2 Å². The van der Waals surface area contributed by atoms with Crippen LogP contribution >= 0.6 is 0 Å². The molecule has 0 radical (unpaired) electrons. The van der Waals surface area contributed by atoms with Gasteiger partial charge in [0.2, 0.25) is 10.0 Å². The van der Waals surface area contributed by atoms with Gasteiger partial charge in [-0.25, -0.2) is 8.42 Å². The Morgan fingerprint density at radius 1 is 1.09 bits per heavy atom. The van der Waals surface area contributed by atoms with E-state index in [4.69, 9.17) is 4.74 Å². The number of rotatable bonds is 6. The first-order valence-electron chi connectivity index (χ1n) is 11.4. The molecule has 9 heteroatoms. The molecule has 1 aromatic carbocycles. The van der Waals surface area contributed by atoms with E-state index in [1.54, 1.807) is 29.2 Å². The highest BCUT2D eigenvalue weighted by atomic mass is 32.2. The lowest BCUT2D eigenvalue weighted by Gasteiger charge is -2.30. The normalized spacial score (nSPS) is 18.4. The van der Waals surface area contributed by atoms with Gasteiger partial charge in [0.1, 0.15) is 16.3 Å². The number of piperidine rings is 1. The maximum absolute atomic E-state index is 13.3. The predicted molar refractivity (Wildman–Crippen MR) is 122 cm³/mol. The molecule has 0 spiro atoms. The van der Waals surface area contributed by atoms with Gasteiger partial charge in [0, 0.05) is 31.7 Å². The average molecular weight is 461 g/mol. The molecule has 1 saturated carbocycles. The smallest absolute Gasteiger partial charge is 0.271 e. The molecule has 2 aromatic rings. The van der Waals surface area contributed by atoms with Crippen LogP contribution in [0.4, 0.5) is 0 Å². The summed E-state index contributed by atoms with van der Waals surface area (Å²) in [5.74, 6) is 0.216. The summed E-state index contributed by atoms with van der Waals surface area (Å²) in [6, 6.07) is 6.96. The van der Waals surface area contributed by atoms with Crippen LogP contribution in [-0.2, 0) is 10.0 Å². The quantitative estimate of drug-likeness (QED) is 0.710. The van der Waals surface area contributed by atoms with Gasteiger partial charge in [-0.1, -0.05) is 25.7 Å². The number of H-pyrrole nitrogens is 1. The van der Waals surface area contributed by atoms with Crippen LogP contribution in [0.3, 0.4) is 0 Å². The minimum Gasteiger partial charge on any atom is -0.495 e. The molecule has 174 valence electrons. The number of aromatic amines is 1. The van der Waals surface area contributed by atoms with Crippen LogP contribution in [0.1, 0.15) is 61.9 Å². The number of hydrogen-bond donors (Lipinski definition) is 1. The maximum Gasteiger partial charge on any atom is 0.271 e. The zero-order chi connectivity index (χ0) is 22.7. The van der Waals surface area contributed by atoms with E-state index in [2.05, 4.69) is 10.2 Å². The van der Waals surface area contributed by atoms with E-state index in [0.29, 0.717) is 35.8 Å². The van der Waals surface area contributed by atoms with Gasteiger partial charge in [-0.2, -0.15) is 9.40 Å². The summed E-state index contributed by atoms with van der Waals surface area (Å²) < 4.78 is 33.5. The van der Waals surface area contributed by atoms with E-state index in [0.717, 1.165) is 44.9 Å². The second-order valence-corrected chi connectivity index (χ2v) is 10.6. The first kappa shape index (κ1) is 22.8. The number of carbonyl (C=O) groups excluding carboxylic acids is 1. The Morgan fingerprint density at radius 2 is 1.78 bits per heavy atom. The Bertz CT molecular complexity index is 1050. The number of aromatic nitrogens is 2. The first-order valence-corrected chi connectivity index (χ1v) is 12.9. The van der Waals surface area contributed by atoms with Crippen molar-refractivity contribution in [3.63, 3.8) is 0 Å². The number of amides is 1. The molecule has 32 heavy (non-hydrogen) atoms. The van der Waals surface area contributed by atoms with Crippen molar-refractivity contribution < 1.29 is 17.9 Å². The summed E-state index contributed by atoms with van der Waals surface area (Å²) >= 11 is 0. The van der Waals surface area contributed by atoms with Gasteiger partial charge in [0.25, 0.3) is 5.91 Å². The summed E-state index contributed by atoms with van der Waals surface area (Å²) in [6.07, 6.45) is 8.35. The zero-order valence-corrected chi connectivity index (χ0v) is 19.7. The van der Waals surface area contributed by atoms with E-state index >= 15 is 0 Å². The van der Waals surface area contributed by atoms with Crippen molar-refractivity contribution in [2.75, 3.05) is 27.2 Å². The number of nitrogens with zero attached hydrogens (tertiary/aromatic N) is 3. The second kappa shape index (κ2) is 9.62. The standard InChI is InChI=1S/C23H32N4O4S/c1-26(18-9-5-3-6-10-18)23(28)20-16-19(24-25-20)17-11-12-21(31-2)22(15-17)32(29,30)27-13-7-4-8-14-27/h11-12,15-16,18H,3-10,13-14H2,1-2H3,(H,24,25). The van der Waals surface area contributed by atoms with Crippen molar-refractivity contribution in [3.05, 3.63) is 30.0 Å². The maximum atomic E-state index is 13.3. The molecule has 0 unspecified atom stereocenters. The van der Waals surface area contributed by atoms with Crippen LogP contribution < -0.4 is 4.74 Å². The van der Waals surface area contributed by atoms with E-state index < -0.39 is 10.0 Å². The molecule has 8 nitrogen and oxygen atoms in total. The van der Waals surface area contributed by atoms with Gasteiger partial charge in [-0.3, -0.25) is 9.89 Å². The van der Waals surface area contributed by atoms with Crippen molar-refractivity contribution in [3.8, 4) is 17.0 Å². The Balaban J connectivity index is 1.60. The summed E-state index contributed by atoms with van der Waals surface area (Å²) in [7, 11) is -0.366. The van der Waals surface area contributed by atoms with Gasteiger partial charge in [0.15, 0.2) is 0 Å². The number of benzene rings is 1. The number of ether oxygens (including phenoxy) is 1. The van der Waals surface area contributed by atoms with Gasteiger partial charge in [0.05, 0.1) is 12.8 Å². The fourth-order valence-electron chi connectivity index (χ4n) is 4.69. The zero-order valence-electron chi connectivity index (χ0n) is 18.8. The summed E-state index contributed by atoms with van der Waals surface area (Å²) in [4.78, 5) is 14.9. The van der Waals surface area contributed by atoms with Crippen molar-refractivity contribution in [1.82, 2.24) is 19.4 Å². The van der Waals surface area contributed by atoms with Crippen molar-refractivity contribution in [1.29, 1.82) is 0 Å². The van der Waals surface area contributed by atoms with E-state index in [1.807, 2.05) is 7.05 Å². The van der Waals surface area contributed by atoms with Crippen molar-refractivity contribution >= 4 is 15.9 Å². The number of carbonyl (C=O) groups is 1. The molecule has 1 aliphatic heterocycles. The lowest BCUT2D eigenvalue weighted by molar-refractivity contribution is 0.0690. The first-order chi connectivity index (χ1) is 15.4. The molecule has 1 aliphatic carbocycles. The molecule has 1 amide bonds. The van der Waals surface area contributed by atoms with Gasteiger partial charge < -0.3 is 9.64 Å². The molecular formula is C23H32N4O4S. The van der Waals surface area contributed by atoms with Gasteiger partial charge in [-0.05, 0) is 49.9 Å². The Kier molecular flexibility index (Phi) is 6.85. The highest BCUT2D eigenvalue weighted by Gasteiger charge is 2.30. The van der Waals surface area contributed by atoms with E-state index in [-0.39, 0.29) is 16.8 Å². The molecule has 0 atom stereocenters. The lowest BCUT2D eigenvalue weighted by Crippen LogP contribution is -2.38. The fourth-order valence-corrected chi connectivity index (χ4v) is 6.38. The highest BCUT2D eigenvalue weighted by molar-refractivity contribution is 7.89. The van der Waals surface area contributed by atoms with Crippen molar-refractivity contribution in [2.45, 2.75) is 62.3 Å². The van der Waals surface area contributed by atoms with Gasteiger partial charge in [-0.15, -0.1) is 0 Å². The molecule has 0 bridgehead atoms. The third-order valence-electron chi connectivity index (χ3n) is 6.64. The largest absolute Gasteiger partial charge is 0.495 e. The summed E-state index contributed by atoms with van der Waals surface area (Å²) in [5, 5.41) is 7.15. The molecule has 1 saturated heterocycles. The Hall–Kier alpha value is -2.39. The fraction of sp³-hybridized carbons (Fsp3) is 0.565. The topological polar surface area (TPSA) is 95.6 Å². The molecule has 1 N–H and O–H groups in total. The average Bonchev–Trinajstić information content (AvgIpc) is 3.34. The molecule has 2 aliphatic rings. The minimum absolute atomic E-state index is 0.0923. The Morgan fingerprint density at radius 3 is 2.47 bits per heavy atom. The summed E-state index contributed by atoms with van der Waals surface area (Å²) in [5.41, 5.74) is 1.56. The highest BCUT2D eigenvalue weighted by Crippen LogP contribution is 2.33. The minimum atomic E-state index is -3.68. The predicted octanol–water partition coefficient (Wildman–Crippen LogP) is 3.66. The molecule has 2 fully saturated rings. The molecular weight excluding hydrogens is 428 g/mol.